The summed E-state index contributed by atoms with van der Waals surface area (Å²) in [5.74, 6) is 1.69. The Labute approximate surface area is 84.2 Å². The molecule has 0 atom stereocenters. The third kappa shape index (κ3) is 1.74. The summed E-state index contributed by atoms with van der Waals surface area (Å²) < 4.78 is 10.5. The van der Waals surface area contributed by atoms with Crippen molar-refractivity contribution in [2.45, 2.75) is 20.3 Å². The number of benzene rings is 1. The lowest BCUT2D eigenvalue weighted by atomic mass is 10.1. The van der Waals surface area contributed by atoms with Crippen LogP contribution in [0.15, 0.2) is 23.8 Å². The molecule has 0 spiro atoms. The van der Waals surface area contributed by atoms with Gasteiger partial charge in [0.05, 0.1) is 0 Å². The van der Waals surface area contributed by atoms with Crippen LogP contribution < -0.4 is 9.47 Å². The lowest BCUT2D eigenvalue weighted by molar-refractivity contribution is 0.174. The molecule has 0 amide bonds. The number of rotatable bonds is 2. The molecule has 2 nitrogen and oxygen atoms in total. The molecule has 2 heteroatoms. The van der Waals surface area contributed by atoms with Gasteiger partial charge in [-0.15, -0.1) is 0 Å². The van der Waals surface area contributed by atoms with Crippen molar-refractivity contribution in [2.24, 2.45) is 0 Å². The maximum atomic E-state index is 5.30. The van der Waals surface area contributed by atoms with E-state index in [1.165, 1.54) is 11.1 Å². The van der Waals surface area contributed by atoms with Crippen LogP contribution in [0.5, 0.6) is 11.5 Å². The zero-order valence-electron chi connectivity index (χ0n) is 8.54. The van der Waals surface area contributed by atoms with Gasteiger partial charge in [-0.3, -0.25) is 0 Å². The molecule has 14 heavy (non-hydrogen) atoms. The van der Waals surface area contributed by atoms with E-state index in [1.807, 2.05) is 18.2 Å². The van der Waals surface area contributed by atoms with Crippen molar-refractivity contribution >= 4 is 6.08 Å². The summed E-state index contributed by atoms with van der Waals surface area (Å²) >= 11 is 0. The van der Waals surface area contributed by atoms with Crippen LogP contribution in [-0.4, -0.2) is 6.79 Å². The van der Waals surface area contributed by atoms with Gasteiger partial charge in [0.1, 0.15) is 0 Å². The fourth-order valence-electron chi connectivity index (χ4n) is 1.39. The second kappa shape index (κ2) is 3.74. The molecule has 0 saturated heterocycles. The van der Waals surface area contributed by atoms with Crippen LogP contribution in [-0.2, 0) is 0 Å². The van der Waals surface area contributed by atoms with Crippen molar-refractivity contribution in [3.05, 3.63) is 29.3 Å². The zero-order chi connectivity index (χ0) is 9.97. The van der Waals surface area contributed by atoms with E-state index >= 15 is 0 Å². The molecular weight excluding hydrogens is 176 g/mol. The maximum absolute atomic E-state index is 5.30. The highest BCUT2D eigenvalue weighted by Gasteiger charge is 2.12. The summed E-state index contributed by atoms with van der Waals surface area (Å²) in [5, 5.41) is 0. The molecule has 0 unspecified atom stereocenters. The summed E-state index contributed by atoms with van der Waals surface area (Å²) in [6.07, 6.45) is 3.25. The number of hydrogen-bond donors (Lipinski definition) is 0. The molecule has 0 radical (unpaired) electrons. The molecule has 0 aromatic heterocycles. The monoisotopic (exact) mass is 190 g/mol. The first-order valence-electron chi connectivity index (χ1n) is 4.86. The van der Waals surface area contributed by atoms with Gasteiger partial charge in [-0.1, -0.05) is 24.6 Å². The van der Waals surface area contributed by atoms with Gasteiger partial charge in [0.15, 0.2) is 11.5 Å². The Morgan fingerprint density at radius 3 is 2.93 bits per heavy atom. The molecule has 0 aliphatic carbocycles. The highest BCUT2D eigenvalue weighted by atomic mass is 16.7. The molecule has 1 aromatic carbocycles. The van der Waals surface area contributed by atoms with Crippen molar-refractivity contribution in [1.82, 2.24) is 0 Å². The first-order chi connectivity index (χ1) is 6.79. The van der Waals surface area contributed by atoms with Crippen molar-refractivity contribution in [1.29, 1.82) is 0 Å². The molecule has 0 N–H and O–H groups in total. The van der Waals surface area contributed by atoms with Crippen molar-refractivity contribution in [2.75, 3.05) is 6.79 Å². The zero-order valence-corrected chi connectivity index (χ0v) is 8.54. The molecule has 0 fully saturated rings. The highest BCUT2D eigenvalue weighted by Crippen LogP contribution is 2.33. The Kier molecular flexibility index (Phi) is 2.44. The van der Waals surface area contributed by atoms with E-state index in [1.54, 1.807) is 0 Å². The summed E-state index contributed by atoms with van der Waals surface area (Å²) in [6.45, 7) is 4.62. The Hall–Kier alpha value is -1.44. The average Bonchev–Trinajstić information content (AvgIpc) is 2.64. The molecular formula is C12H14O2. The third-order valence-corrected chi connectivity index (χ3v) is 2.37. The van der Waals surface area contributed by atoms with Crippen LogP contribution >= 0.6 is 0 Å². The minimum atomic E-state index is 0.343. The van der Waals surface area contributed by atoms with Gasteiger partial charge in [0, 0.05) is 0 Å². The number of ether oxygens (including phenoxy) is 2. The number of hydrogen-bond acceptors (Lipinski definition) is 2. The van der Waals surface area contributed by atoms with Gasteiger partial charge in [-0.25, -0.2) is 0 Å². The van der Waals surface area contributed by atoms with Crippen molar-refractivity contribution in [3.8, 4) is 11.5 Å². The minimum absolute atomic E-state index is 0.343. The fraction of sp³-hybridized carbons (Fsp3) is 0.333. The Bertz CT molecular complexity index is 367. The molecule has 1 aliphatic heterocycles. The van der Waals surface area contributed by atoms with E-state index in [-0.39, 0.29) is 0 Å². The first-order valence-corrected chi connectivity index (χ1v) is 4.86. The van der Waals surface area contributed by atoms with E-state index in [2.05, 4.69) is 19.9 Å². The first kappa shape index (κ1) is 9.13. The van der Waals surface area contributed by atoms with Crippen LogP contribution in [0.25, 0.3) is 6.08 Å². The van der Waals surface area contributed by atoms with E-state index in [0.29, 0.717) is 6.79 Å². The van der Waals surface area contributed by atoms with Gasteiger partial charge in [0.25, 0.3) is 0 Å². The van der Waals surface area contributed by atoms with E-state index in [9.17, 15) is 0 Å². The summed E-state index contributed by atoms with van der Waals surface area (Å²) in [4.78, 5) is 0. The maximum Gasteiger partial charge on any atom is 0.231 e. The highest BCUT2D eigenvalue weighted by molar-refractivity contribution is 5.58. The van der Waals surface area contributed by atoms with Crippen LogP contribution in [0.4, 0.5) is 0 Å². The molecule has 1 heterocycles. The van der Waals surface area contributed by atoms with E-state index in [4.69, 9.17) is 9.47 Å². The molecule has 1 aromatic rings. The quantitative estimate of drug-likeness (QED) is 0.712. The third-order valence-electron chi connectivity index (χ3n) is 2.37. The Morgan fingerprint density at radius 2 is 2.14 bits per heavy atom. The van der Waals surface area contributed by atoms with Crippen molar-refractivity contribution < 1.29 is 9.47 Å². The molecule has 0 bridgehead atoms. The number of allylic oxidation sites excluding steroid dienone is 1. The molecule has 0 saturated carbocycles. The van der Waals surface area contributed by atoms with Crippen LogP contribution in [0.3, 0.4) is 0 Å². The minimum Gasteiger partial charge on any atom is -0.454 e. The smallest absolute Gasteiger partial charge is 0.231 e. The molecule has 1 aliphatic rings. The lowest BCUT2D eigenvalue weighted by Crippen LogP contribution is -1.92. The molecule has 2 rings (SSSR count). The molecule has 74 valence electrons. The van der Waals surface area contributed by atoms with Gasteiger partial charge < -0.3 is 9.47 Å². The van der Waals surface area contributed by atoms with Gasteiger partial charge in [-0.2, -0.15) is 0 Å². The second-order valence-electron chi connectivity index (χ2n) is 3.46. The van der Waals surface area contributed by atoms with Crippen LogP contribution in [0.1, 0.15) is 25.8 Å². The predicted molar refractivity (Wildman–Crippen MR) is 56.5 cm³/mol. The van der Waals surface area contributed by atoms with E-state index < -0.39 is 0 Å². The average molecular weight is 190 g/mol. The summed E-state index contributed by atoms with van der Waals surface area (Å²) in [6, 6.07) is 6.02. The largest absolute Gasteiger partial charge is 0.454 e. The van der Waals surface area contributed by atoms with Gasteiger partial charge >= 0.3 is 0 Å². The SMILES string of the molecule is CC/C(C)=C/c1ccc2c(c1)OCO2. The van der Waals surface area contributed by atoms with Gasteiger partial charge in [-0.05, 0) is 31.0 Å². The number of fused-ring (bicyclic) bond motifs is 1. The van der Waals surface area contributed by atoms with Crippen LogP contribution in [0.2, 0.25) is 0 Å². The Morgan fingerprint density at radius 1 is 1.36 bits per heavy atom. The standard InChI is InChI=1S/C12H14O2/c1-3-9(2)6-10-4-5-11-12(7-10)14-8-13-11/h4-7H,3,8H2,1-2H3/b9-6+. The fourth-order valence-corrected chi connectivity index (χ4v) is 1.39. The van der Waals surface area contributed by atoms with Crippen LogP contribution in [0, 0.1) is 0 Å². The Balaban J connectivity index is 2.29. The van der Waals surface area contributed by atoms with Gasteiger partial charge in [0.2, 0.25) is 6.79 Å². The predicted octanol–water partition coefficient (Wildman–Crippen LogP) is 3.23. The van der Waals surface area contributed by atoms with E-state index in [0.717, 1.165) is 17.9 Å². The van der Waals surface area contributed by atoms with Crippen molar-refractivity contribution in [3.63, 3.8) is 0 Å². The second-order valence-corrected chi connectivity index (χ2v) is 3.46. The lowest BCUT2D eigenvalue weighted by Gasteiger charge is -1.99. The summed E-state index contributed by atoms with van der Waals surface area (Å²) in [5.41, 5.74) is 2.54. The topological polar surface area (TPSA) is 18.5 Å². The normalized spacial score (nSPS) is 14.6. The summed E-state index contributed by atoms with van der Waals surface area (Å²) in [7, 11) is 0.